The first-order valence-corrected chi connectivity index (χ1v) is 6.37. The molecule has 0 saturated carbocycles. The van der Waals surface area contributed by atoms with Gasteiger partial charge in [-0.1, -0.05) is 13.8 Å². The second-order valence-corrected chi connectivity index (χ2v) is 4.72. The number of hydrogen-bond acceptors (Lipinski definition) is 3. The van der Waals surface area contributed by atoms with Gasteiger partial charge in [-0.2, -0.15) is 0 Å². The molecule has 1 aromatic rings. The monoisotopic (exact) mass is 246 g/mol. The Bertz CT molecular complexity index is 407. The normalized spacial score (nSPS) is 10.4. The summed E-state index contributed by atoms with van der Waals surface area (Å²) in [5.74, 6) is 4.02. The molecule has 1 N–H and O–H groups in total. The molecule has 0 bridgehead atoms. The van der Waals surface area contributed by atoms with Gasteiger partial charge in [0, 0.05) is 18.7 Å². The van der Waals surface area contributed by atoms with E-state index in [2.05, 4.69) is 30.1 Å². The SMILES string of the molecule is C#CCCOc1ccc(C)nc1CNCC(C)C. The molecule has 1 aromatic heterocycles. The topological polar surface area (TPSA) is 34.1 Å². The average Bonchev–Trinajstić information content (AvgIpc) is 2.31. The summed E-state index contributed by atoms with van der Waals surface area (Å²) < 4.78 is 5.65. The van der Waals surface area contributed by atoms with Crippen LogP contribution in [0.3, 0.4) is 0 Å². The van der Waals surface area contributed by atoms with Crippen LogP contribution in [0.1, 0.15) is 31.7 Å². The summed E-state index contributed by atoms with van der Waals surface area (Å²) in [6, 6.07) is 3.92. The second kappa shape index (κ2) is 7.73. The van der Waals surface area contributed by atoms with E-state index in [1.807, 2.05) is 19.1 Å². The fourth-order valence-electron chi connectivity index (χ4n) is 1.55. The molecular weight excluding hydrogens is 224 g/mol. The lowest BCUT2D eigenvalue weighted by atomic mass is 10.2. The molecule has 98 valence electrons. The lowest BCUT2D eigenvalue weighted by Gasteiger charge is -2.12. The van der Waals surface area contributed by atoms with Gasteiger partial charge in [0.2, 0.25) is 0 Å². The van der Waals surface area contributed by atoms with Crippen molar-refractivity contribution in [1.29, 1.82) is 0 Å². The quantitative estimate of drug-likeness (QED) is 0.593. The molecule has 0 radical (unpaired) electrons. The number of pyridine rings is 1. The zero-order valence-electron chi connectivity index (χ0n) is 11.5. The van der Waals surface area contributed by atoms with E-state index in [-0.39, 0.29) is 0 Å². The van der Waals surface area contributed by atoms with Crippen LogP contribution in [-0.4, -0.2) is 18.1 Å². The summed E-state index contributed by atoms with van der Waals surface area (Å²) in [6.45, 7) is 8.59. The van der Waals surface area contributed by atoms with Gasteiger partial charge in [0.05, 0.1) is 12.3 Å². The van der Waals surface area contributed by atoms with Gasteiger partial charge in [-0.25, -0.2) is 0 Å². The zero-order chi connectivity index (χ0) is 13.4. The van der Waals surface area contributed by atoms with E-state index in [4.69, 9.17) is 11.2 Å². The zero-order valence-corrected chi connectivity index (χ0v) is 11.5. The molecule has 0 atom stereocenters. The average molecular weight is 246 g/mol. The van der Waals surface area contributed by atoms with Crippen molar-refractivity contribution in [2.45, 2.75) is 33.7 Å². The molecule has 1 rings (SSSR count). The summed E-state index contributed by atoms with van der Waals surface area (Å²) >= 11 is 0. The number of ether oxygens (including phenoxy) is 1. The van der Waals surface area contributed by atoms with Crippen molar-refractivity contribution in [3.05, 3.63) is 23.5 Å². The van der Waals surface area contributed by atoms with E-state index in [1.165, 1.54) is 0 Å². The molecule has 0 aliphatic heterocycles. The third-order valence-corrected chi connectivity index (χ3v) is 2.42. The van der Waals surface area contributed by atoms with Crippen molar-refractivity contribution in [1.82, 2.24) is 10.3 Å². The maximum absolute atomic E-state index is 5.65. The molecule has 0 aromatic carbocycles. The Morgan fingerprint density at radius 2 is 2.22 bits per heavy atom. The van der Waals surface area contributed by atoms with Crippen LogP contribution in [0.15, 0.2) is 12.1 Å². The van der Waals surface area contributed by atoms with Crippen molar-refractivity contribution < 1.29 is 4.74 Å². The number of rotatable bonds is 7. The van der Waals surface area contributed by atoms with Crippen LogP contribution in [0, 0.1) is 25.2 Å². The minimum Gasteiger partial charge on any atom is -0.491 e. The number of nitrogens with zero attached hydrogens (tertiary/aromatic N) is 1. The van der Waals surface area contributed by atoms with Crippen LogP contribution in [-0.2, 0) is 6.54 Å². The molecule has 0 saturated heterocycles. The predicted molar refractivity (Wildman–Crippen MR) is 74.5 cm³/mol. The number of terminal acetylenes is 1. The van der Waals surface area contributed by atoms with Crippen molar-refractivity contribution in [2.24, 2.45) is 5.92 Å². The molecule has 0 spiro atoms. The fraction of sp³-hybridized carbons (Fsp3) is 0.533. The van der Waals surface area contributed by atoms with Crippen LogP contribution >= 0.6 is 0 Å². The predicted octanol–water partition coefficient (Wildman–Crippen LogP) is 2.54. The first-order chi connectivity index (χ1) is 8.63. The van der Waals surface area contributed by atoms with E-state index in [0.717, 1.165) is 30.2 Å². The van der Waals surface area contributed by atoms with Gasteiger partial charge >= 0.3 is 0 Å². The number of nitrogens with one attached hydrogen (secondary N) is 1. The minimum absolute atomic E-state index is 0.540. The van der Waals surface area contributed by atoms with Crippen LogP contribution in [0.2, 0.25) is 0 Å². The van der Waals surface area contributed by atoms with E-state index >= 15 is 0 Å². The maximum Gasteiger partial charge on any atom is 0.142 e. The summed E-state index contributed by atoms with van der Waals surface area (Å²) in [5.41, 5.74) is 1.95. The molecule has 3 nitrogen and oxygen atoms in total. The molecule has 0 unspecified atom stereocenters. The highest BCUT2D eigenvalue weighted by Crippen LogP contribution is 2.17. The largest absolute Gasteiger partial charge is 0.491 e. The molecule has 0 aliphatic rings. The Labute approximate surface area is 110 Å². The molecule has 0 amide bonds. The number of aromatic nitrogens is 1. The Kier molecular flexibility index (Phi) is 6.24. The van der Waals surface area contributed by atoms with Crippen molar-refractivity contribution in [3.8, 4) is 18.1 Å². The Balaban J connectivity index is 2.62. The molecular formula is C15H22N2O. The van der Waals surface area contributed by atoms with Gasteiger partial charge in [-0.05, 0) is 31.5 Å². The lowest BCUT2D eigenvalue weighted by Crippen LogP contribution is -2.20. The molecule has 0 aliphatic carbocycles. The number of aryl methyl sites for hydroxylation is 1. The molecule has 0 fully saturated rings. The van der Waals surface area contributed by atoms with E-state index < -0.39 is 0 Å². The first-order valence-electron chi connectivity index (χ1n) is 6.37. The van der Waals surface area contributed by atoms with Gasteiger partial charge in [-0.3, -0.25) is 4.98 Å². The van der Waals surface area contributed by atoms with E-state index in [0.29, 0.717) is 18.9 Å². The maximum atomic E-state index is 5.65. The summed E-state index contributed by atoms with van der Waals surface area (Å²) in [5, 5.41) is 3.38. The smallest absolute Gasteiger partial charge is 0.142 e. The Hall–Kier alpha value is -1.53. The number of hydrogen-bond donors (Lipinski definition) is 1. The van der Waals surface area contributed by atoms with Crippen LogP contribution in [0.25, 0.3) is 0 Å². The van der Waals surface area contributed by atoms with Gasteiger partial charge in [-0.15, -0.1) is 12.3 Å². The van der Waals surface area contributed by atoms with Crippen molar-refractivity contribution >= 4 is 0 Å². The van der Waals surface area contributed by atoms with E-state index in [1.54, 1.807) is 0 Å². The van der Waals surface area contributed by atoms with E-state index in [9.17, 15) is 0 Å². The fourth-order valence-corrected chi connectivity index (χ4v) is 1.55. The molecule has 18 heavy (non-hydrogen) atoms. The van der Waals surface area contributed by atoms with Gasteiger partial charge in [0.15, 0.2) is 0 Å². The summed E-state index contributed by atoms with van der Waals surface area (Å²) in [4.78, 5) is 4.51. The minimum atomic E-state index is 0.540. The standard InChI is InChI=1S/C15H22N2O/c1-5-6-9-18-15-8-7-13(4)17-14(15)11-16-10-12(2)3/h1,7-8,12,16H,6,9-11H2,2-4H3. The third-order valence-electron chi connectivity index (χ3n) is 2.42. The first kappa shape index (κ1) is 14.5. The molecule has 1 heterocycles. The van der Waals surface area contributed by atoms with Gasteiger partial charge < -0.3 is 10.1 Å². The summed E-state index contributed by atoms with van der Waals surface area (Å²) in [7, 11) is 0. The van der Waals surface area contributed by atoms with Gasteiger partial charge in [0.25, 0.3) is 0 Å². The van der Waals surface area contributed by atoms with Crippen LogP contribution < -0.4 is 10.1 Å². The van der Waals surface area contributed by atoms with Gasteiger partial charge in [0.1, 0.15) is 5.75 Å². The van der Waals surface area contributed by atoms with Crippen LogP contribution in [0.4, 0.5) is 0 Å². The highest BCUT2D eigenvalue weighted by atomic mass is 16.5. The molecule has 3 heteroatoms. The second-order valence-electron chi connectivity index (χ2n) is 4.72. The Morgan fingerprint density at radius 3 is 2.89 bits per heavy atom. The third kappa shape index (κ3) is 5.20. The summed E-state index contributed by atoms with van der Waals surface area (Å²) in [6.07, 6.45) is 5.83. The highest BCUT2D eigenvalue weighted by molar-refractivity contribution is 5.29. The van der Waals surface area contributed by atoms with Crippen molar-refractivity contribution in [2.75, 3.05) is 13.2 Å². The van der Waals surface area contributed by atoms with Crippen LogP contribution in [0.5, 0.6) is 5.75 Å². The Morgan fingerprint density at radius 1 is 1.44 bits per heavy atom. The lowest BCUT2D eigenvalue weighted by molar-refractivity contribution is 0.320. The highest BCUT2D eigenvalue weighted by Gasteiger charge is 2.06. The van der Waals surface area contributed by atoms with Crippen molar-refractivity contribution in [3.63, 3.8) is 0 Å².